The summed E-state index contributed by atoms with van der Waals surface area (Å²) in [6.07, 6.45) is 9.13. The molecular weight excluding hydrogens is 210 g/mol. The Morgan fingerprint density at radius 3 is 2.71 bits per heavy atom. The minimum Gasteiger partial charge on any atom is -0.350 e. The average molecular weight is 229 g/mol. The molecule has 2 aromatic heterocycles. The monoisotopic (exact) mass is 229 g/mol. The first kappa shape index (κ1) is 11.9. The van der Waals surface area contributed by atoms with Crippen molar-refractivity contribution in [1.29, 1.82) is 0 Å². The number of hydrogen-bond acceptors (Lipinski definition) is 2. The zero-order valence-corrected chi connectivity index (χ0v) is 10.4. The molecule has 1 N–H and O–H groups in total. The van der Waals surface area contributed by atoms with Gasteiger partial charge < -0.3 is 9.88 Å². The minimum absolute atomic E-state index is 0.452. The Hall–Kier alpha value is -1.61. The second-order valence-corrected chi connectivity index (χ2v) is 4.22. The molecule has 0 saturated carbocycles. The molecule has 3 heteroatoms. The van der Waals surface area contributed by atoms with Crippen LogP contribution in [0, 0.1) is 0 Å². The topological polar surface area (TPSA) is 29.9 Å². The summed E-state index contributed by atoms with van der Waals surface area (Å²) >= 11 is 0. The minimum atomic E-state index is 0.452. The third-order valence-corrected chi connectivity index (χ3v) is 3.05. The Balaban J connectivity index is 2.08. The van der Waals surface area contributed by atoms with Gasteiger partial charge in [0.05, 0.1) is 0 Å². The SMILES string of the molecule is CCC(NC)c1ccn(Cc2ccncc2)c1. The zero-order valence-electron chi connectivity index (χ0n) is 10.4. The second-order valence-electron chi connectivity index (χ2n) is 4.22. The predicted molar refractivity (Wildman–Crippen MR) is 69.9 cm³/mol. The van der Waals surface area contributed by atoms with Gasteiger partial charge in [-0.2, -0.15) is 0 Å². The van der Waals surface area contributed by atoms with Crippen molar-refractivity contribution in [3.8, 4) is 0 Å². The van der Waals surface area contributed by atoms with Crippen LogP contribution in [0.5, 0.6) is 0 Å². The summed E-state index contributed by atoms with van der Waals surface area (Å²) in [5.41, 5.74) is 2.63. The Labute approximate surface area is 103 Å². The van der Waals surface area contributed by atoms with Crippen LogP contribution < -0.4 is 5.32 Å². The molecule has 1 unspecified atom stereocenters. The molecule has 2 aromatic rings. The molecule has 0 aromatic carbocycles. The maximum atomic E-state index is 4.03. The van der Waals surface area contributed by atoms with Crippen molar-refractivity contribution in [3.63, 3.8) is 0 Å². The highest BCUT2D eigenvalue weighted by Gasteiger charge is 2.07. The van der Waals surface area contributed by atoms with E-state index in [1.807, 2.05) is 19.4 Å². The van der Waals surface area contributed by atoms with Crippen LogP contribution >= 0.6 is 0 Å². The molecule has 0 spiro atoms. The van der Waals surface area contributed by atoms with E-state index >= 15 is 0 Å². The molecule has 2 rings (SSSR count). The van der Waals surface area contributed by atoms with Crippen LogP contribution in [0.25, 0.3) is 0 Å². The molecule has 0 aliphatic carbocycles. The largest absolute Gasteiger partial charge is 0.350 e. The lowest BCUT2D eigenvalue weighted by Crippen LogP contribution is -2.14. The molecule has 0 fully saturated rings. The number of pyridine rings is 1. The number of nitrogens with one attached hydrogen (secondary N) is 1. The summed E-state index contributed by atoms with van der Waals surface area (Å²) < 4.78 is 2.21. The summed E-state index contributed by atoms with van der Waals surface area (Å²) in [5.74, 6) is 0. The van der Waals surface area contributed by atoms with Gasteiger partial charge in [0, 0.05) is 37.4 Å². The molecule has 0 saturated heterocycles. The molecule has 0 radical (unpaired) electrons. The van der Waals surface area contributed by atoms with E-state index in [1.54, 1.807) is 0 Å². The van der Waals surface area contributed by atoms with E-state index in [0.717, 1.165) is 13.0 Å². The molecule has 0 aliphatic heterocycles. The molecule has 0 aliphatic rings. The van der Waals surface area contributed by atoms with Gasteiger partial charge in [0.2, 0.25) is 0 Å². The summed E-state index contributed by atoms with van der Waals surface area (Å²) in [4.78, 5) is 4.03. The summed E-state index contributed by atoms with van der Waals surface area (Å²) in [5, 5.41) is 3.32. The maximum Gasteiger partial charge on any atom is 0.0471 e. The Morgan fingerprint density at radius 1 is 1.29 bits per heavy atom. The van der Waals surface area contributed by atoms with Gasteiger partial charge in [-0.15, -0.1) is 0 Å². The van der Waals surface area contributed by atoms with Crippen molar-refractivity contribution < 1.29 is 0 Å². The van der Waals surface area contributed by atoms with Gasteiger partial charge in [-0.1, -0.05) is 6.92 Å². The van der Waals surface area contributed by atoms with Crippen LogP contribution in [0.15, 0.2) is 43.0 Å². The van der Waals surface area contributed by atoms with Crippen molar-refractivity contribution in [1.82, 2.24) is 14.9 Å². The van der Waals surface area contributed by atoms with Gasteiger partial charge in [0.1, 0.15) is 0 Å². The highest BCUT2D eigenvalue weighted by atomic mass is 15.0. The number of hydrogen-bond donors (Lipinski definition) is 1. The van der Waals surface area contributed by atoms with Gasteiger partial charge >= 0.3 is 0 Å². The van der Waals surface area contributed by atoms with Gasteiger partial charge in [-0.05, 0) is 42.8 Å². The normalized spacial score (nSPS) is 12.6. The molecular formula is C14H19N3. The molecule has 0 amide bonds. The highest BCUT2D eigenvalue weighted by molar-refractivity contribution is 5.18. The zero-order chi connectivity index (χ0) is 12.1. The number of aromatic nitrogens is 2. The van der Waals surface area contributed by atoms with Crippen LogP contribution in [0.3, 0.4) is 0 Å². The third-order valence-electron chi connectivity index (χ3n) is 3.05. The Kier molecular flexibility index (Phi) is 3.94. The lowest BCUT2D eigenvalue weighted by molar-refractivity contribution is 0.575. The van der Waals surface area contributed by atoms with Crippen LogP contribution in [0.2, 0.25) is 0 Å². The first-order valence-electron chi connectivity index (χ1n) is 6.05. The standard InChI is InChI=1S/C14H19N3/c1-3-14(15-2)13-6-9-17(11-13)10-12-4-7-16-8-5-12/h4-9,11,14-15H,3,10H2,1-2H3. The van der Waals surface area contributed by atoms with E-state index in [1.165, 1.54) is 11.1 Å². The van der Waals surface area contributed by atoms with Crippen molar-refractivity contribution in [2.24, 2.45) is 0 Å². The van der Waals surface area contributed by atoms with Crippen molar-refractivity contribution >= 4 is 0 Å². The fourth-order valence-electron chi connectivity index (χ4n) is 2.07. The first-order chi connectivity index (χ1) is 8.33. The number of nitrogens with zero attached hydrogens (tertiary/aromatic N) is 2. The molecule has 17 heavy (non-hydrogen) atoms. The molecule has 2 heterocycles. The second kappa shape index (κ2) is 5.64. The van der Waals surface area contributed by atoms with Crippen LogP contribution in [-0.2, 0) is 6.54 Å². The third kappa shape index (κ3) is 2.94. The highest BCUT2D eigenvalue weighted by Crippen LogP contribution is 2.16. The smallest absolute Gasteiger partial charge is 0.0471 e. The van der Waals surface area contributed by atoms with Gasteiger partial charge in [0.15, 0.2) is 0 Å². The van der Waals surface area contributed by atoms with Gasteiger partial charge in [-0.3, -0.25) is 4.98 Å². The van der Waals surface area contributed by atoms with Gasteiger partial charge in [-0.25, -0.2) is 0 Å². The summed E-state index contributed by atoms with van der Waals surface area (Å²) in [6.45, 7) is 3.10. The molecule has 1 atom stereocenters. The lowest BCUT2D eigenvalue weighted by Gasteiger charge is -2.11. The van der Waals surface area contributed by atoms with E-state index < -0.39 is 0 Å². The summed E-state index contributed by atoms with van der Waals surface area (Å²) in [6, 6.07) is 6.74. The quantitative estimate of drug-likeness (QED) is 0.854. The Bertz CT molecular complexity index is 444. The lowest BCUT2D eigenvalue weighted by atomic mass is 10.1. The van der Waals surface area contributed by atoms with Crippen molar-refractivity contribution in [2.45, 2.75) is 25.9 Å². The van der Waals surface area contributed by atoms with E-state index in [4.69, 9.17) is 0 Å². The van der Waals surface area contributed by atoms with E-state index in [9.17, 15) is 0 Å². The molecule has 0 bridgehead atoms. The average Bonchev–Trinajstić information content (AvgIpc) is 2.81. The van der Waals surface area contributed by atoms with E-state index in [0.29, 0.717) is 6.04 Å². The van der Waals surface area contributed by atoms with E-state index in [-0.39, 0.29) is 0 Å². The van der Waals surface area contributed by atoms with Crippen LogP contribution in [0.4, 0.5) is 0 Å². The summed E-state index contributed by atoms with van der Waals surface area (Å²) in [7, 11) is 2.01. The van der Waals surface area contributed by atoms with Gasteiger partial charge in [0.25, 0.3) is 0 Å². The number of rotatable bonds is 5. The van der Waals surface area contributed by atoms with Crippen LogP contribution in [-0.4, -0.2) is 16.6 Å². The molecule has 3 nitrogen and oxygen atoms in total. The molecule has 90 valence electrons. The Morgan fingerprint density at radius 2 is 2.06 bits per heavy atom. The van der Waals surface area contributed by atoms with Crippen molar-refractivity contribution in [2.75, 3.05) is 7.05 Å². The van der Waals surface area contributed by atoms with E-state index in [2.05, 4.69) is 52.4 Å². The maximum absolute atomic E-state index is 4.03. The van der Waals surface area contributed by atoms with Crippen molar-refractivity contribution in [3.05, 3.63) is 54.1 Å². The fourth-order valence-corrected chi connectivity index (χ4v) is 2.07. The van der Waals surface area contributed by atoms with Crippen LogP contribution in [0.1, 0.15) is 30.5 Å². The fraction of sp³-hybridized carbons (Fsp3) is 0.357. The predicted octanol–water partition coefficient (Wildman–Crippen LogP) is 2.60. The first-order valence-corrected chi connectivity index (χ1v) is 6.05.